The van der Waals surface area contributed by atoms with E-state index in [0.29, 0.717) is 5.56 Å². The second kappa shape index (κ2) is 14.8. The Morgan fingerprint density at radius 1 is 0.921 bits per heavy atom. The second-order valence-corrected chi connectivity index (χ2v) is 8.46. The van der Waals surface area contributed by atoms with E-state index in [1.165, 1.54) is 7.11 Å². The summed E-state index contributed by atoms with van der Waals surface area (Å²) in [6.45, 7) is 1.91. The molecule has 0 bridgehead atoms. The maximum Gasteiger partial charge on any atom is 0.330 e. The van der Waals surface area contributed by atoms with Crippen molar-refractivity contribution in [1.82, 2.24) is 16.0 Å². The van der Waals surface area contributed by atoms with Gasteiger partial charge in [-0.1, -0.05) is 72.5 Å². The van der Waals surface area contributed by atoms with Gasteiger partial charge in [0.15, 0.2) is 0 Å². The summed E-state index contributed by atoms with van der Waals surface area (Å²) in [7, 11) is 1.23. The molecule has 2 atom stereocenters. The van der Waals surface area contributed by atoms with Gasteiger partial charge in [-0.2, -0.15) is 0 Å². The van der Waals surface area contributed by atoms with E-state index in [1.54, 1.807) is 30.3 Å². The number of methoxy groups -OCH3 is 1. The molecular weight excluding hydrogens is 478 g/mol. The minimum atomic E-state index is -1.04. The van der Waals surface area contributed by atoms with E-state index in [0.717, 1.165) is 16.7 Å². The summed E-state index contributed by atoms with van der Waals surface area (Å²) in [5.41, 5.74) is 3.21. The van der Waals surface area contributed by atoms with Gasteiger partial charge in [0.25, 0.3) is 5.91 Å². The molecule has 3 N–H and O–H groups in total. The van der Waals surface area contributed by atoms with Gasteiger partial charge < -0.3 is 20.7 Å². The highest BCUT2D eigenvalue weighted by Crippen LogP contribution is 2.10. The molecule has 7 nitrogen and oxygen atoms in total. The molecule has 7 heteroatoms. The van der Waals surface area contributed by atoms with Crippen molar-refractivity contribution in [3.8, 4) is 11.8 Å². The minimum absolute atomic E-state index is 0.0226. The smallest absolute Gasteiger partial charge is 0.330 e. The van der Waals surface area contributed by atoms with E-state index < -0.39 is 17.9 Å². The number of hydrogen-bond acceptors (Lipinski definition) is 5. The van der Waals surface area contributed by atoms with Gasteiger partial charge in [-0.05, 0) is 54.5 Å². The molecule has 0 unspecified atom stereocenters. The third-order valence-electron chi connectivity index (χ3n) is 5.69. The van der Waals surface area contributed by atoms with E-state index in [1.807, 2.05) is 73.7 Å². The third-order valence-corrected chi connectivity index (χ3v) is 5.69. The molecule has 0 aliphatic rings. The molecule has 3 rings (SSSR count). The van der Waals surface area contributed by atoms with Gasteiger partial charge >= 0.3 is 5.97 Å². The summed E-state index contributed by atoms with van der Waals surface area (Å²) < 4.78 is 4.80. The molecule has 0 aliphatic heterocycles. The normalized spacial score (nSPS) is 12.1. The third kappa shape index (κ3) is 9.08. The van der Waals surface area contributed by atoms with Crippen LogP contribution in [0.25, 0.3) is 6.08 Å². The zero-order chi connectivity index (χ0) is 27.2. The van der Waals surface area contributed by atoms with Crippen molar-refractivity contribution in [2.45, 2.75) is 19.0 Å². The molecule has 3 aromatic rings. The fraction of sp³-hybridized carbons (Fsp3) is 0.194. The van der Waals surface area contributed by atoms with E-state index in [4.69, 9.17) is 4.74 Å². The number of allylic oxidation sites excluding steroid dienone is 1. The number of nitrogens with one attached hydrogen (secondary N) is 3. The predicted molar refractivity (Wildman–Crippen MR) is 148 cm³/mol. The van der Waals surface area contributed by atoms with Gasteiger partial charge in [-0.3, -0.25) is 9.59 Å². The van der Waals surface area contributed by atoms with Crippen molar-refractivity contribution < 1.29 is 19.1 Å². The molecule has 0 aliphatic carbocycles. The van der Waals surface area contributed by atoms with Gasteiger partial charge in [0, 0.05) is 23.7 Å². The lowest BCUT2D eigenvalue weighted by Crippen LogP contribution is -2.50. The van der Waals surface area contributed by atoms with Crippen molar-refractivity contribution in [3.05, 3.63) is 113 Å². The highest BCUT2D eigenvalue weighted by Gasteiger charge is 2.23. The Bertz CT molecular complexity index is 1290. The molecule has 0 fully saturated rings. The molecule has 3 aromatic carbocycles. The molecule has 38 heavy (non-hydrogen) atoms. The standard InChI is InChI=1S/C31H31N3O4/c1-23(26-15-7-4-8-16-26)32-22-29(35)33-21-28(31(37)38-2)34-30(36)27-19-17-25(18-20-27)14-10-9-13-24-11-5-3-6-12-24/h3-9,11-13,15-20,23,28,32H,21-22H2,1-2H3,(H,33,35)(H,34,36)/b13-9+/t23-,28-/m0/s1. The fourth-order valence-corrected chi connectivity index (χ4v) is 3.49. The molecule has 194 valence electrons. The number of hydrogen-bond donors (Lipinski definition) is 3. The van der Waals surface area contributed by atoms with Crippen molar-refractivity contribution >= 4 is 23.9 Å². The van der Waals surface area contributed by atoms with Crippen molar-refractivity contribution in [3.63, 3.8) is 0 Å². The summed E-state index contributed by atoms with van der Waals surface area (Å²) in [6.07, 6.45) is 3.68. The van der Waals surface area contributed by atoms with Gasteiger partial charge in [-0.15, -0.1) is 0 Å². The van der Waals surface area contributed by atoms with Crippen LogP contribution in [-0.2, 0) is 14.3 Å². The lowest BCUT2D eigenvalue weighted by Gasteiger charge is -2.18. The Hall–Kier alpha value is -4.67. The zero-order valence-electron chi connectivity index (χ0n) is 21.4. The van der Waals surface area contributed by atoms with Crippen LogP contribution in [0.5, 0.6) is 0 Å². The Labute approximate surface area is 223 Å². The lowest BCUT2D eigenvalue weighted by molar-refractivity contribution is -0.142. The summed E-state index contributed by atoms with van der Waals surface area (Å²) >= 11 is 0. The molecule has 0 saturated heterocycles. The summed E-state index contributed by atoms with van der Waals surface area (Å²) in [5.74, 6) is 4.56. The number of ether oxygens (including phenoxy) is 1. The van der Waals surface area contributed by atoms with Crippen LogP contribution in [0.1, 0.15) is 40.0 Å². The van der Waals surface area contributed by atoms with E-state index in [9.17, 15) is 14.4 Å². The van der Waals surface area contributed by atoms with E-state index >= 15 is 0 Å². The number of benzene rings is 3. The van der Waals surface area contributed by atoms with Gasteiger partial charge in [-0.25, -0.2) is 4.79 Å². The average molecular weight is 510 g/mol. The predicted octanol–water partition coefficient (Wildman–Crippen LogP) is 3.49. The van der Waals surface area contributed by atoms with Crippen LogP contribution in [0, 0.1) is 11.8 Å². The Balaban J connectivity index is 1.50. The first kappa shape index (κ1) is 27.9. The number of rotatable bonds is 10. The maximum atomic E-state index is 12.7. The summed E-state index contributed by atoms with van der Waals surface area (Å²) in [6, 6.07) is 25.2. The molecular formula is C31H31N3O4. The average Bonchev–Trinajstić information content (AvgIpc) is 2.97. The quantitative estimate of drug-likeness (QED) is 0.287. The number of amides is 2. The van der Waals surface area contributed by atoms with Crippen LogP contribution in [0.4, 0.5) is 0 Å². The van der Waals surface area contributed by atoms with Gasteiger partial charge in [0.1, 0.15) is 6.04 Å². The number of carbonyl (C=O) groups excluding carboxylic acids is 3. The lowest BCUT2D eigenvalue weighted by atomic mass is 10.1. The fourth-order valence-electron chi connectivity index (χ4n) is 3.49. The first-order valence-corrected chi connectivity index (χ1v) is 12.2. The number of esters is 1. The van der Waals surface area contributed by atoms with Crippen LogP contribution >= 0.6 is 0 Å². The minimum Gasteiger partial charge on any atom is -0.467 e. The highest BCUT2D eigenvalue weighted by atomic mass is 16.5. The van der Waals surface area contributed by atoms with Crippen LogP contribution in [0.3, 0.4) is 0 Å². The van der Waals surface area contributed by atoms with Crippen LogP contribution in [0.2, 0.25) is 0 Å². The van der Waals surface area contributed by atoms with E-state index in [-0.39, 0.29) is 25.0 Å². The Kier molecular flexibility index (Phi) is 10.9. The largest absolute Gasteiger partial charge is 0.467 e. The topological polar surface area (TPSA) is 96.5 Å². The zero-order valence-corrected chi connectivity index (χ0v) is 21.4. The molecule has 0 aromatic heterocycles. The first-order chi connectivity index (χ1) is 18.5. The molecule has 2 amide bonds. The Morgan fingerprint density at radius 2 is 1.58 bits per heavy atom. The highest BCUT2D eigenvalue weighted by molar-refractivity contribution is 5.97. The Morgan fingerprint density at radius 3 is 2.24 bits per heavy atom. The SMILES string of the molecule is COC(=O)[C@H](CNC(=O)CN[C@@H](C)c1ccccc1)NC(=O)c1ccc(C#C/C=C/c2ccccc2)cc1. The first-order valence-electron chi connectivity index (χ1n) is 12.2. The van der Waals surface area contributed by atoms with Crippen LogP contribution in [0.15, 0.2) is 91.0 Å². The van der Waals surface area contributed by atoms with Crippen LogP contribution in [-0.4, -0.2) is 44.0 Å². The van der Waals surface area contributed by atoms with Crippen molar-refractivity contribution in [2.24, 2.45) is 0 Å². The van der Waals surface area contributed by atoms with Crippen molar-refractivity contribution in [1.29, 1.82) is 0 Å². The monoisotopic (exact) mass is 509 g/mol. The molecule has 0 saturated carbocycles. The van der Waals surface area contributed by atoms with Gasteiger partial charge in [0.05, 0.1) is 13.7 Å². The second-order valence-electron chi connectivity index (χ2n) is 8.46. The summed E-state index contributed by atoms with van der Waals surface area (Å²) in [5, 5.41) is 8.43. The molecule has 0 spiro atoms. The van der Waals surface area contributed by atoms with Crippen molar-refractivity contribution in [2.75, 3.05) is 20.2 Å². The summed E-state index contributed by atoms with van der Waals surface area (Å²) in [4.78, 5) is 37.3. The molecule has 0 radical (unpaired) electrons. The molecule has 0 heterocycles. The van der Waals surface area contributed by atoms with E-state index in [2.05, 4.69) is 27.8 Å². The van der Waals surface area contributed by atoms with Gasteiger partial charge in [0.2, 0.25) is 5.91 Å². The number of carbonyl (C=O) groups is 3. The maximum absolute atomic E-state index is 12.7. The van der Waals surface area contributed by atoms with Crippen LogP contribution < -0.4 is 16.0 Å².